The zero-order valence-corrected chi connectivity index (χ0v) is 21.0. The Hall–Kier alpha value is -3.04. The molecule has 2 aromatic rings. The van der Waals surface area contributed by atoms with Gasteiger partial charge in [-0.05, 0) is 62.1 Å². The number of para-hydroxylation sites is 1. The van der Waals surface area contributed by atoms with Crippen LogP contribution in [0, 0.1) is 0 Å². The molecule has 1 N–H and O–H groups in total. The van der Waals surface area contributed by atoms with Crippen LogP contribution in [0.25, 0.3) is 12.2 Å². The van der Waals surface area contributed by atoms with Crippen LogP contribution in [0.5, 0.6) is 0 Å². The van der Waals surface area contributed by atoms with Crippen molar-refractivity contribution in [3.63, 3.8) is 0 Å². The van der Waals surface area contributed by atoms with Crippen LogP contribution in [-0.4, -0.2) is 59.5 Å². The number of carbonyl (C=O) groups excluding carboxylic acids is 3. The van der Waals surface area contributed by atoms with E-state index in [0.29, 0.717) is 31.1 Å². The summed E-state index contributed by atoms with van der Waals surface area (Å²) < 4.78 is 5.40. The van der Waals surface area contributed by atoms with Crippen molar-refractivity contribution in [2.24, 2.45) is 0 Å². The summed E-state index contributed by atoms with van der Waals surface area (Å²) in [5, 5.41) is 4.87. The monoisotopic (exact) mass is 497 g/mol. The van der Waals surface area contributed by atoms with Gasteiger partial charge in [0, 0.05) is 42.0 Å². The highest BCUT2D eigenvalue weighted by Crippen LogP contribution is 2.39. The Balaban J connectivity index is 1.32. The van der Waals surface area contributed by atoms with Gasteiger partial charge in [-0.25, -0.2) is 4.79 Å². The number of ether oxygens (including phenoxy) is 1. The van der Waals surface area contributed by atoms with E-state index in [-0.39, 0.29) is 17.9 Å². The van der Waals surface area contributed by atoms with Gasteiger partial charge in [0.25, 0.3) is 5.91 Å². The zero-order chi connectivity index (χ0) is 24.3. The molecule has 3 amide bonds. The second-order valence-electron chi connectivity index (χ2n) is 8.97. The predicted octanol–water partition coefficient (Wildman–Crippen LogP) is 4.93. The summed E-state index contributed by atoms with van der Waals surface area (Å²) in [6.45, 7) is 7.35. The number of fused-ring (bicyclic) bond motifs is 1. The minimum Gasteiger partial charge on any atom is -0.444 e. The third-order valence-corrected chi connectivity index (χ3v) is 7.15. The second-order valence-corrected chi connectivity index (χ2v) is 11.0. The van der Waals surface area contributed by atoms with Gasteiger partial charge in [-0.1, -0.05) is 23.9 Å². The Kier molecular flexibility index (Phi) is 7.13. The number of nitrogens with one attached hydrogen (secondary N) is 1. The number of amides is 3. The highest BCUT2D eigenvalue weighted by molar-refractivity contribution is 8.04. The summed E-state index contributed by atoms with van der Waals surface area (Å²) in [7, 11) is 0. The van der Waals surface area contributed by atoms with Crippen LogP contribution < -0.4 is 5.32 Å². The van der Waals surface area contributed by atoms with Crippen molar-refractivity contribution in [3.05, 3.63) is 57.1 Å². The predicted molar refractivity (Wildman–Crippen MR) is 137 cm³/mol. The van der Waals surface area contributed by atoms with E-state index in [4.69, 9.17) is 4.74 Å². The molecule has 0 atom stereocenters. The third kappa shape index (κ3) is 6.09. The van der Waals surface area contributed by atoms with E-state index in [1.807, 2.05) is 62.6 Å². The molecule has 9 heteroatoms. The number of thiophene rings is 1. The maximum Gasteiger partial charge on any atom is 0.410 e. The van der Waals surface area contributed by atoms with Gasteiger partial charge in [-0.15, -0.1) is 11.3 Å². The average Bonchev–Trinajstić information content (AvgIpc) is 3.24. The lowest BCUT2D eigenvalue weighted by Crippen LogP contribution is -2.51. The standard InChI is InChI=1S/C25H27N3O4S2/c1-25(2,3)32-24(31)28-12-10-27(11-13-28)22(29)9-8-17-14-18(33-16-17)15-21-23(30)26-19-6-4-5-7-20(19)34-21/h4-9,14-16H,10-13H2,1-3H3,(H,26,30)/b9-8+,21-15-. The van der Waals surface area contributed by atoms with Crippen LogP contribution in [0.3, 0.4) is 0 Å². The molecule has 7 nitrogen and oxygen atoms in total. The molecule has 2 aliphatic rings. The van der Waals surface area contributed by atoms with Gasteiger partial charge in [-0.2, -0.15) is 0 Å². The van der Waals surface area contributed by atoms with Crippen LogP contribution in [0.4, 0.5) is 10.5 Å². The van der Waals surface area contributed by atoms with E-state index in [1.165, 1.54) is 23.1 Å². The van der Waals surface area contributed by atoms with E-state index < -0.39 is 5.60 Å². The maximum atomic E-state index is 12.6. The summed E-state index contributed by atoms with van der Waals surface area (Å²) >= 11 is 2.97. The van der Waals surface area contributed by atoms with E-state index in [1.54, 1.807) is 22.0 Å². The molecule has 0 spiro atoms. The smallest absolute Gasteiger partial charge is 0.410 e. The molecule has 34 heavy (non-hydrogen) atoms. The van der Waals surface area contributed by atoms with Crippen LogP contribution in [0.2, 0.25) is 0 Å². The van der Waals surface area contributed by atoms with Crippen LogP contribution in [0.15, 0.2) is 51.6 Å². The van der Waals surface area contributed by atoms with Gasteiger partial charge in [-0.3, -0.25) is 9.59 Å². The summed E-state index contributed by atoms with van der Waals surface area (Å²) in [5.41, 5.74) is 1.19. The average molecular weight is 498 g/mol. The summed E-state index contributed by atoms with van der Waals surface area (Å²) in [6, 6.07) is 9.67. The number of piperazine rings is 1. The molecule has 1 aromatic carbocycles. The Bertz CT molecular complexity index is 1150. The number of nitrogens with zero attached hydrogens (tertiary/aromatic N) is 2. The van der Waals surface area contributed by atoms with Gasteiger partial charge in [0.1, 0.15) is 5.60 Å². The fourth-order valence-electron chi connectivity index (χ4n) is 3.47. The van der Waals surface area contributed by atoms with Gasteiger partial charge in [0.05, 0.1) is 10.6 Å². The molecule has 0 bridgehead atoms. The molecule has 3 heterocycles. The molecular weight excluding hydrogens is 470 g/mol. The highest BCUT2D eigenvalue weighted by Gasteiger charge is 2.27. The molecule has 0 saturated carbocycles. The molecule has 0 unspecified atom stereocenters. The van der Waals surface area contributed by atoms with Crippen LogP contribution in [-0.2, 0) is 14.3 Å². The SMILES string of the molecule is CC(C)(C)OC(=O)N1CCN(C(=O)/C=C/c2csc(/C=C3\Sc4ccccc4NC3=O)c2)CC1. The molecule has 0 aliphatic carbocycles. The molecule has 1 aromatic heterocycles. The lowest BCUT2D eigenvalue weighted by molar-refractivity contribution is -0.127. The lowest BCUT2D eigenvalue weighted by atomic mass is 10.2. The summed E-state index contributed by atoms with van der Waals surface area (Å²) in [6.07, 6.45) is 4.86. The second kappa shape index (κ2) is 10.1. The van der Waals surface area contributed by atoms with Crippen LogP contribution in [0.1, 0.15) is 31.2 Å². The van der Waals surface area contributed by atoms with Crippen molar-refractivity contribution < 1.29 is 19.1 Å². The molecule has 178 valence electrons. The van der Waals surface area contributed by atoms with Gasteiger partial charge >= 0.3 is 6.09 Å². The lowest BCUT2D eigenvalue weighted by Gasteiger charge is -2.35. The number of hydrogen-bond acceptors (Lipinski definition) is 6. The number of rotatable bonds is 3. The van der Waals surface area contributed by atoms with E-state index in [9.17, 15) is 14.4 Å². The maximum absolute atomic E-state index is 12.6. The highest BCUT2D eigenvalue weighted by atomic mass is 32.2. The van der Waals surface area contributed by atoms with Crippen molar-refractivity contribution in [1.29, 1.82) is 0 Å². The topological polar surface area (TPSA) is 79.0 Å². The molecule has 4 rings (SSSR count). The minimum absolute atomic E-state index is 0.0891. The number of thioether (sulfide) groups is 1. The van der Waals surface area contributed by atoms with E-state index in [2.05, 4.69) is 5.32 Å². The van der Waals surface area contributed by atoms with Gasteiger partial charge < -0.3 is 19.9 Å². The third-order valence-electron chi connectivity index (χ3n) is 5.15. The fourth-order valence-corrected chi connectivity index (χ4v) is 5.30. The van der Waals surface area contributed by atoms with E-state index in [0.717, 1.165) is 21.0 Å². The Morgan fingerprint density at radius 1 is 1.09 bits per heavy atom. The molecular formula is C25H27N3O4S2. The molecule has 0 radical (unpaired) electrons. The Labute approximate surface area is 207 Å². The van der Waals surface area contributed by atoms with E-state index >= 15 is 0 Å². The number of carbonyl (C=O) groups is 3. The largest absolute Gasteiger partial charge is 0.444 e. The Morgan fingerprint density at radius 2 is 1.79 bits per heavy atom. The first-order valence-electron chi connectivity index (χ1n) is 11.0. The quantitative estimate of drug-likeness (QED) is 0.609. The van der Waals surface area contributed by atoms with Crippen molar-refractivity contribution in [3.8, 4) is 0 Å². The van der Waals surface area contributed by atoms with Gasteiger partial charge in [0.15, 0.2) is 0 Å². The van der Waals surface area contributed by atoms with Crippen molar-refractivity contribution in [2.45, 2.75) is 31.3 Å². The first-order chi connectivity index (χ1) is 16.2. The van der Waals surface area contributed by atoms with Crippen molar-refractivity contribution in [1.82, 2.24) is 9.80 Å². The fraction of sp³-hybridized carbons (Fsp3) is 0.320. The molecule has 2 aliphatic heterocycles. The number of anilines is 1. The minimum atomic E-state index is -0.536. The van der Waals surface area contributed by atoms with Crippen molar-refractivity contribution >= 4 is 58.8 Å². The summed E-state index contributed by atoms with van der Waals surface area (Å²) in [4.78, 5) is 43.1. The summed E-state index contributed by atoms with van der Waals surface area (Å²) in [5.74, 6) is -0.205. The Morgan fingerprint density at radius 3 is 2.53 bits per heavy atom. The zero-order valence-electron chi connectivity index (χ0n) is 19.4. The first-order valence-corrected chi connectivity index (χ1v) is 12.7. The first kappa shape index (κ1) is 24.1. The molecule has 1 fully saturated rings. The normalized spacial score (nSPS) is 17.6. The number of benzene rings is 1. The van der Waals surface area contributed by atoms with Gasteiger partial charge in [0.2, 0.25) is 5.91 Å². The number of hydrogen-bond donors (Lipinski definition) is 1. The van der Waals surface area contributed by atoms with Crippen LogP contribution >= 0.6 is 23.1 Å². The molecule has 1 saturated heterocycles. The van der Waals surface area contributed by atoms with Crippen molar-refractivity contribution in [2.75, 3.05) is 31.5 Å².